The Balaban J connectivity index is 1.66. The van der Waals surface area contributed by atoms with Crippen LogP contribution in [0.2, 0.25) is 0 Å². The van der Waals surface area contributed by atoms with Gasteiger partial charge in [-0.1, -0.05) is 37.3 Å². The van der Waals surface area contributed by atoms with Gasteiger partial charge in [0, 0.05) is 38.3 Å². The highest BCUT2D eigenvalue weighted by atomic mass is 32.2. The Hall–Kier alpha value is -3.61. The third-order valence-electron chi connectivity index (χ3n) is 6.76. The van der Waals surface area contributed by atoms with Crippen molar-refractivity contribution in [1.29, 1.82) is 0 Å². The lowest BCUT2D eigenvalue weighted by Crippen LogP contribution is -2.48. The number of aromatic nitrogens is 5. The van der Waals surface area contributed by atoms with Gasteiger partial charge in [0.15, 0.2) is 5.65 Å². The molecule has 38 heavy (non-hydrogen) atoms. The maximum atomic E-state index is 14.0. The van der Waals surface area contributed by atoms with E-state index in [1.807, 2.05) is 37.3 Å². The number of fused-ring (bicyclic) bond motifs is 1. The zero-order valence-corrected chi connectivity index (χ0v) is 22.6. The molecule has 1 aliphatic rings. The average molecular weight is 538 g/mol. The standard InChI is InChI=1S/C26H31N7O4S/c1-4-30-12-14-31(15-13-30)38(35,36)20-16-21(25(27-17-20)37-6-3)32-18-28-24-22(26(32)34)23(29-33(24)5-2)19-10-8-7-9-11-19/h7-11,16-18H,4-6,12-15H2,1-3H3. The summed E-state index contributed by atoms with van der Waals surface area (Å²) in [6.45, 7) is 9.60. The van der Waals surface area contributed by atoms with Crippen molar-refractivity contribution < 1.29 is 13.2 Å². The molecule has 0 unspecified atom stereocenters. The number of piperazine rings is 1. The molecule has 1 fully saturated rings. The summed E-state index contributed by atoms with van der Waals surface area (Å²) in [4.78, 5) is 25.0. The van der Waals surface area contributed by atoms with Crippen molar-refractivity contribution in [2.75, 3.05) is 39.3 Å². The van der Waals surface area contributed by atoms with Crippen LogP contribution < -0.4 is 10.3 Å². The first-order valence-corrected chi connectivity index (χ1v) is 14.2. The molecule has 4 heterocycles. The summed E-state index contributed by atoms with van der Waals surface area (Å²) < 4.78 is 37.2. The van der Waals surface area contributed by atoms with E-state index in [1.54, 1.807) is 11.6 Å². The van der Waals surface area contributed by atoms with Crippen LogP contribution in [-0.4, -0.2) is 81.3 Å². The number of likely N-dealkylation sites (N-methyl/N-ethyl adjacent to an activating group) is 1. The van der Waals surface area contributed by atoms with Crippen LogP contribution in [0.25, 0.3) is 28.0 Å². The molecule has 0 saturated carbocycles. The summed E-state index contributed by atoms with van der Waals surface area (Å²) in [6.07, 6.45) is 2.67. The number of hydrogen-bond donors (Lipinski definition) is 0. The second kappa shape index (κ2) is 10.6. The van der Waals surface area contributed by atoms with Crippen molar-refractivity contribution in [3.8, 4) is 22.8 Å². The van der Waals surface area contributed by atoms with E-state index in [9.17, 15) is 13.2 Å². The summed E-state index contributed by atoms with van der Waals surface area (Å²) in [5.41, 5.74) is 1.58. The van der Waals surface area contributed by atoms with Gasteiger partial charge in [-0.2, -0.15) is 9.40 Å². The lowest BCUT2D eigenvalue weighted by molar-refractivity contribution is 0.196. The Kier molecular flexibility index (Phi) is 7.28. The number of pyridine rings is 1. The SMILES string of the molecule is CCOc1ncc(S(=O)(=O)N2CCN(CC)CC2)cc1-n1cnc2c(c(-c3ccccc3)nn2CC)c1=O. The highest BCUT2D eigenvalue weighted by Gasteiger charge is 2.30. The monoisotopic (exact) mass is 537 g/mol. The maximum absolute atomic E-state index is 14.0. The fourth-order valence-corrected chi connectivity index (χ4v) is 6.06. The molecular formula is C26H31N7O4S. The van der Waals surface area contributed by atoms with Gasteiger partial charge in [0.1, 0.15) is 28.0 Å². The Morgan fingerprint density at radius 3 is 2.37 bits per heavy atom. The molecule has 1 aromatic carbocycles. The molecule has 11 nitrogen and oxygen atoms in total. The number of aryl methyl sites for hydroxylation is 1. The minimum Gasteiger partial charge on any atom is -0.476 e. The summed E-state index contributed by atoms with van der Waals surface area (Å²) in [5, 5.41) is 4.99. The summed E-state index contributed by atoms with van der Waals surface area (Å²) in [7, 11) is -3.83. The van der Waals surface area contributed by atoms with Crippen LogP contribution in [0, 0.1) is 0 Å². The molecule has 0 amide bonds. The van der Waals surface area contributed by atoms with Crippen LogP contribution in [0.1, 0.15) is 20.8 Å². The van der Waals surface area contributed by atoms with Crippen LogP contribution in [0.4, 0.5) is 0 Å². The summed E-state index contributed by atoms with van der Waals surface area (Å²) in [5.74, 6) is 0.148. The fraction of sp³-hybridized carbons (Fsp3) is 0.385. The normalized spacial score (nSPS) is 15.2. The van der Waals surface area contributed by atoms with Gasteiger partial charge in [0.2, 0.25) is 15.9 Å². The van der Waals surface area contributed by atoms with Crippen molar-refractivity contribution in [2.24, 2.45) is 0 Å². The minimum atomic E-state index is -3.83. The van der Waals surface area contributed by atoms with E-state index in [2.05, 4.69) is 26.9 Å². The fourth-order valence-electron chi connectivity index (χ4n) is 4.68. The Labute approximate surface area is 221 Å². The Morgan fingerprint density at radius 2 is 1.71 bits per heavy atom. The molecule has 0 bridgehead atoms. The first-order valence-electron chi connectivity index (χ1n) is 12.8. The van der Waals surface area contributed by atoms with Crippen LogP contribution >= 0.6 is 0 Å². The number of rotatable bonds is 8. The van der Waals surface area contributed by atoms with Gasteiger partial charge in [-0.25, -0.2) is 23.1 Å². The van der Waals surface area contributed by atoms with Gasteiger partial charge in [0.25, 0.3) is 5.56 Å². The molecular weight excluding hydrogens is 506 g/mol. The maximum Gasteiger partial charge on any atom is 0.269 e. The van der Waals surface area contributed by atoms with Crippen molar-refractivity contribution in [3.63, 3.8) is 0 Å². The smallest absolute Gasteiger partial charge is 0.269 e. The Bertz CT molecular complexity index is 1610. The molecule has 1 saturated heterocycles. The van der Waals surface area contributed by atoms with Crippen LogP contribution in [0.3, 0.4) is 0 Å². The van der Waals surface area contributed by atoms with Gasteiger partial charge in [-0.15, -0.1) is 0 Å². The Morgan fingerprint density at radius 1 is 0.974 bits per heavy atom. The van der Waals surface area contributed by atoms with Crippen molar-refractivity contribution in [1.82, 2.24) is 33.5 Å². The first-order chi connectivity index (χ1) is 18.4. The van der Waals surface area contributed by atoms with E-state index < -0.39 is 10.0 Å². The lowest BCUT2D eigenvalue weighted by Gasteiger charge is -2.33. The summed E-state index contributed by atoms with van der Waals surface area (Å²) in [6, 6.07) is 10.9. The molecule has 3 aromatic heterocycles. The average Bonchev–Trinajstić information content (AvgIpc) is 3.34. The van der Waals surface area contributed by atoms with E-state index in [-0.39, 0.29) is 22.0 Å². The van der Waals surface area contributed by atoms with Crippen molar-refractivity contribution >= 4 is 21.1 Å². The molecule has 1 aliphatic heterocycles. The van der Waals surface area contributed by atoms with Gasteiger partial charge in [0.05, 0.1) is 12.8 Å². The van der Waals surface area contributed by atoms with E-state index in [1.165, 1.54) is 27.5 Å². The van der Waals surface area contributed by atoms with Gasteiger partial charge >= 0.3 is 0 Å². The van der Waals surface area contributed by atoms with Crippen molar-refractivity contribution in [2.45, 2.75) is 32.2 Å². The zero-order valence-electron chi connectivity index (χ0n) is 21.7. The predicted molar refractivity (Wildman–Crippen MR) is 144 cm³/mol. The van der Waals surface area contributed by atoms with Crippen LogP contribution in [0.15, 0.2) is 58.6 Å². The number of nitrogens with zero attached hydrogens (tertiary/aromatic N) is 7. The quantitative estimate of drug-likeness (QED) is 0.337. The van der Waals surface area contributed by atoms with Crippen LogP contribution in [0.5, 0.6) is 5.88 Å². The number of ether oxygens (including phenoxy) is 1. The lowest BCUT2D eigenvalue weighted by atomic mass is 10.1. The molecule has 0 radical (unpaired) electrons. The summed E-state index contributed by atoms with van der Waals surface area (Å²) >= 11 is 0. The van der Waals surface area contributed by atoms with E-state index >= 15 is 0 Å². The molecule has 200 valence electrons. The van der Waals surface area contributed by atoms with Crippen molar-refractivity contribution in [3.05, 3.63) is 59.3 Å². The second-order valence-electron chi connectivity index (χ2n) is 8.92. The predicted octanol–water partition coefficient (Wildman–Crippen LogP) is 2.39. The largest absolute Gasteiger partial charge is 0.476 e. The van der Waals surface area contributed by atoms with Gasteiger partial charge < -0.3 is 9.64 Å². The zero-order chi connectivity index (χ0) is 26.9. The van der Waals surface area contributed by atoms with E-state index in [0.29, 0.717) is 56.1 Å². The molecule has 0 aliphatic carbocycles. The number of hydrogen-bond acceptors (Lipinski definition) is 8. The molecule has 12 heteroatoms. The third kappa shape index (κ3) is 4.59. The number of benzene rings is 1. The molecule has 4 aromatic rings. The van der Waals surface area contributed by atoms with E-state index in [4.69, 9.17) is 4.74 Å². The van der Waals surface area contributed by atoms with Gasteiger partial charge in [-0.3, -0.25) is 9.36 Å². The second-order valence-corrected chi connectivity index (χ2v) is 10.9. The highest BCUT2D eigenvalue weighted by Crippen LogP contribution is 2.28. The van der Waals surface area contributed by atoms with Gasteiger partial charge in [-0.05, 0) is 26.5 Å². The topological polar surface area (TPSA) is 115 Å². The minimum absolute atomic E-state index is 0.000402. The third-order valence-corrected chi connectivity index (χ3v) is 8.63. The molecule has 0 spiro atoms. The van der Waals surface area contributed by atoms with E-state index in [0.717, 1.165) is 12.1 Å². The molecule has 0 N–H and O–H groups in total. The first kappa shape index (κ1) is 26.0. The number of sulfonamides is 1. The molecule has 5 rings (SSSR count). The van der Waals surface area contributed by atoms with Crippen LogP contribution in [-0.2, 0) is 16.6 Å². The highest BCUT2D eigenvalue weighted by molar-refractivity contribution is 7.89. The molecule has 0 atom stereocenters.